The Morgan fingerprint density at radius 3 is 3.05 bits per heavy atom. The highest BCUT2D eigenvalue weighted by molar-refractivity contribution is 8.00. The molecule has 108 valence electrons. The number of aromatic nitrogens is 2. The Morgan fingerprint density at radius 1 is 1.58 bits per heavy atom. The van der Waals surface area contributed by atoms with Crippen molar-refractivity contribution in [2.75, 3.05) is 29.1 Å². The first kappa shape index (κ1) is 16.7. The van der Waals surface area contributed by atoms with Crippen molar-refractivity contribution in [2.45, 2.75) is 25.4 Å². The molecule has 1 amide bonds. The molecule has 1 rings (SSSR count). The third kappa shape index (κ3) is 7.14. The number of carbonyl (C=O) groups excluding carboxylic acids is 1. The smallest absolute Gasteiger partial charge is 0.236 e. The Kier molecular flexibility index (Phi) is 8.43. The summed E-state index contributed by atoms with van der Waals surface area (Å²) in [5, 5.41) is 4.09. The molecule has 1 heterocycles. The summed E-state index contributed by atoms with van der Waals surface area (Å²) in [5.41, 5.74) is 5.52. The van der Waals surface area contributed by atoms with Crippen LogP contribution >= 0.6 is 35.1 Å². The molecule has 19 heavy (non-hydrogen) atoms. The maximum Gasteiger partial charge on any atom is 0.236 e. The lowest BCUT2D eigenvalue weighted by Crippen LogP contribution is -2.17. The van der Waals surface area contributed by atoms with Crippen molar-refractivity contribution in [1.29, 1.82) is 0 Å². The summed E-state index contributed by atoms with van der Waals surface area (Å²) in [7, 11) is 0. The van der Waals surface area contributed by atoms with Crippen LogP contribution in [-0.4, -0.2) is 39.1 Å². The number of nitrogens with one attached hydrogen (secondary N) is 1. The summed E-state index contributed by atoms with van der Waals surface area (Å²) in [4.78, 5) is 15.9. The standard InChI is InChI=1S/C11H20N4OS3/c1-3-4-18-11-14-10(19-15-11)13-9(16)7-17-6-8(2)5-12/h8H,3-7,12H2,1-2H3,(H,13,14,15,16). The van der Waals surface area contributed by atoms with Crippen LogP contribution in [0.3, 0.4) is 0 Å². The molecule has 0 saturated heterocycles. The molecule has 0 aromatic carbocycles. The van der Waals surface area contributed by atoms with Gasteiger partial charge in [-0.15, -0.1) is 0 Å². The Hall–Kier alpha value is -0.310. The van der Waals surface area contributed by atoms with Crippen molar-refractivity contribution in [3.8, 4) is 0 Å². The van der Waals surface area contributed by atoms with Gasteiger partial charge in [0.25, 0.3) is 0 Å². The van der Waals surface area contributed by atoms with Crippen LogP contribution in [0, 0.1) is 5.92 Å². The number of thioether (sulfide) groups is 2. The molecule has 0 aliphatic heterocycles. The van der Waals surface area contributed by atoms with Crippen LogP contribution in [0.5, 0.6) is 0 Å². The minimum absolute atomic E-state index is 0.0302. The Bertz CT molecular complexity index is 386. The van der Waals surface area contributed by atoms with Gasteiger partial charge in [-0.05, 0) is 24.6 Å². The van der Waals surface area contributed by atoms with Gasteiger partial charge in [-0.2, -0.15) is 21.1 Å². The van der Waals surface area contributed by atoms with Crippen LogP contribution in [0.4, 0.5) is 5.13 Å². The van der Waals surface area contributed by atoms with Gasteiger partial charge in [0.1, 0.15) is 0 Å². The first-order chi connectivity index (χ1) is 9.15. The van der Waals surface area contributed by atoms with Crippen LogP contribution in [-0.2, 0) is 4.79 Å². The van der Waals surface area contributed by atoms with Crippen molar-refractivity contribution in [3.05, 3.63) is 0 Å². The van der Waals surface area contributed by atoms with E-state index in [1.165, 1.54) is 11.5 Å². The van der Waals surface area contributed by atoms with Crippen molar-refractivity contribution in [1.82, 2.24) is 9.36 Å². The summed E-state index contributed by atoms with van der Waals surface area (Å²) in [6, 6.07) is 0. The van der Waals surface area contributed by atoms with Crippen molar-refractivity contribution < 1.29 is 4.79 Å². The molecule has 3 N–H and O–H groups in total. The number of hydrogen-bond acceptors (Lipinski definition) is 7. The predicted octanol–water partition coefficient (Wildman–Crippen LogP) is 2.31. The number of amides is 1. The van der Waals surface area contributed by atoms with Gasteiger partial charge in [-0.3, -0.25) is 10.1 Å². The lowest BCUT2D eigenvalue weighted by Gasteiger charge is -2.06. The van der Waals surface area contributed by atoms with Crippen LogP contribution in [0.2, 0.25) is 0 Å². The fraction of sp³-hybridized carbons (Fsp3) is 0.727. The van der Waals surface area contributed by atoms with E-state index in [0.29, 0.717) is 23.3 Å². The summed E-state index contributed by atoms with van der Waals surface area (Å²) in [6.45, 7) is 4.84. The van der Waals surface area contributed by atoms with E-state index in [4.69, 9.17) is 5.73 Å². The number of rotatable bonds is 9. The molecular formula is C11H20N4OS3. The van der Waals surface area contributed by atoms with Gasteiger partial charge >= 0.3 is 0 Å². The number of anilines is 1. The van der Waals surface area contributed by atoms with E-state index < -0.39 is 0 Å². The predicted molar refractivity (Wildman–Crippen MR) is 85.1 cm³/mol. The highest BCUT2D eigenvalue weighted by atomic mass is 32.2. The Labute approximate surface area is 126 Å². The normalized spacial score (nSPS) is 12.4. The number of nitrogens with two attached hydrogens (primary N) is 1. The van der Waals surface area contributed by atoms with Gasteiger partial charge < -0.3 is 5.73 Å². The second kappa shape index (κ2) is 9.57. The third-order valence-corrected chi connectivity index (χ3v) is 5.20. The van der Waals surface area contributed by atoms with E-state index in [1.54, 1.807) is 23.5 Å². The van der Waals surface area contributed by atoms with Gasteiger partial charge in [0.15, 0.2) is 0 Å². The largest absolute Gasteiger partial charge is 0.330 e. The first-order valence-electron chi connectivity index (χ1n) is 6.19. The van der Waals surface area contributed by atoms with Gasteiger partial charge in [0.2, 0.25) is 16.2 Å². The Morgan fingerprint density at radius 2 is 2.37 bits per heavy atom. The summed E-state index contributed by atoms with van der Waals surface area (Å²) in [6.07, 6.45) is 1.08. The monoisotopic (exact) mass is 320 g/mol. The van der Waals surface area contributed by atoms with Crippen LogP contribution in [0.25, 0.3) is 0 Å². The lowest BCUT2D eigenvalue weighted by molar-refractivity contribution is -0.113. The summed E-state index contributed by atoms with van der Waals surface area (Å²) >= 11 is 4.43. The van der Waals surface area contributed by atoms with E-state index in [9.17, 15) is 4.79 Å². The zero-order valence-electron chi connectivity index (χ0n) is 11.2. The molecule has 0 spiro atoms. The minimum atomic E-state index is -0.0302. The molecule has 5 nitrogen and oxygen atoms in total. The lowest BCUT2D eigenvalue weighted by atomic mass is 10.2. The molecule has 1 unspecified atom stereocenters. The third-order valence-electron chi connectivity index (χ3n) is 2.13. The van der Waals surface area contributed by atoms with Gasteiger partial charge in [0.05, 0.1) is 5.75 Å². The maximum atomic E-state index is 11.7. The molecule has 0 aliphatic carbocycles. The van der Waals surface area contributed by atoms with Gasteiger partial charge in [-0.25, -0.2) is 0 Å². The first-order valence-corrected chi connectivity index (χ1v) is 9.11. The summed E-state index contributed by atoms with van der Waals surface area (Å²) in [5.74, 6) is 2.74. The fourth-order valence-electron chi connectivity index (χ4n) is 1.09. The topological polar surface area (TPSA) is 80.9 Å². The fourth-order valence-corrected chi connectivity index (χ4v) is 3.42. The number of hydrogen-bond donors (Lipinski definition) is 2. The van der Waals surface area contributed by atoms with Crippen LogP contribution < -0.4 is 11.1 Å². The Balaban J connectivity index is 2.26. The molecule has 0 aliphatic rings. The van der Waals surface area contributed by atoms with Crippen LogP contribution in [0.15, 0.2) is 5.16 Å². The van der Waals surface area contributed by atoms with Gasteiger partial charge in [0, 0.05) is 17.3 Å². The van der Waals surface area contributed by atoms with E-state index in [2.05, 4.69) is 28.5 Å². The summed E-state index contributed by atoms with van der Waals surface area (Å²) < 4.78 is 4.18. The molecule has 0 saturated carbocycles. The van der Waals surface area contributed by atoms with E-state index in [-0.39, 0.29) is 5.91 Å². The second-order valence-electron chi connectivity index (χ2n) is 4.13. The van der Waals surface area contributed by atoms with Crippen LogP contribution in [0.1, 0.15) is 20.3 Å². The number of nitrogens with zero attached hydrogens (tertiary/aromatic N) is 2. The molecule has 0 fully saturated rings. The zero-order chi connectivity index (χ0) is 14.1. The van der Waals surface area contributed by atoms with Crippen molar-refractivity contribution >= 4 is 46.1 Å². The molecule has 1 atom stereocenters. The maximum absolute atomic E-state index is 11.7. The molecule has 8 heteroatoms. The zero-order valence-corrected chi connectivity index (χ0v) is 13.7. The van der Waals surface area contributed by atoms with Gasteiger partial charge in [-0.1, -0.05) is 25.6 Å². The van der Waals surface area contributed by atoms with E-state index >= 15 is 0 Å². The van der Waals surface area contributed by atoms with Crippen molar-refractivity contribution in [2.24, 2.45) is 11.7 Å². The molecule has 0 bridgehead atoms. The number of carbonyl (C=O) groups is 1. The minimum Gasteiger partial charge on any atom is -0.330 e. The molecule has 1 aromatic rings. The second-order valence-corrected chi connectivity index (χ2v) is 6.98. The highest BCUT2D eigenvalue weighted by Gasteiger charge is 2.09. The molecular weight excluding hydrogens is 300 g/mol. The highest BCUT2D eigenvalue weighted by Crippen LogP contribution is 2.20. The average molecular weight is 321 g/mol. The quantitative estimate of drug-likeness (QED) is 0.680. The molecule has 0 radical (unpaired) electrons. The molecule has 1 aromatic heterocycles. The van der Waals surface area contributed by atoms with Crippen molar-refractivity contribution in [3.63, 3.8) is 0 Å². The SMILES string of the molecule is CCCSc1nsc(NC(=O)CSCC(C)CN)n1. The van der Waals surface area contributed by atoms with E-state index in [0.717, 1.165) is 23.1 Å². The van der Waals surface area contributed by atoms with E-state index in [1.807, 2.05) is 0 Å². The average Bonchev–Trinajstić information content (AvgIpc) is 2.83.